The zero-order chi connectivity index (χ0) is 23.0. The van der Waals surface area contributed by atoms with Crippen molar-refractivity contribution in [3.63, 3.8) is 0 Å². The normalized spacial score (nSPS) is 11.7. The molecule has 0 aliphatic heterocycles. The van der Waals surface area contributed by atoms with Crippen LogP contribution in [0.15, 0.2) is 34.0 Å². The van der Waals surface area contributed by atoms with Crippen LogP contribution in [0.5, 0.6) is 0 Å². The Morgan fingerprint density at radius 1 is 1.22 bits per heavy atom. The van der Waals surface area contributed by atoms with Crippen LogP contribution in [0, 0.1) is 13.8 Å². The average Bonchev–Trinajstić information content (AvgIpc) is 3.45. The summed E-state index contributed by atoms with van der Waals surface area (Å²) in [5, 5.41) is 20.2. The molecule has 0 aliphatic carbocycles. The molecule has 4 aromatic rings. The van der Waals surface area contributed by atoms with Crippen LogP contribution in [0.3, 0.4) is 0 Å². The van der Waals surface area contributed by atoms with Gasteiger partial charge in [-0.1, -0.05) is 34.5 Å². The lowest BCUT2D eigenvalue weighted by Gasteiger charge is -2.07. The standard InChI is InChI=1S/C19H16Cl2N8O2S/c1-8-6-12(10(3)32-8)9(2)23-25-19(30)15-16(11-4-5-13(20)14(21)7-11)29(28-24-15)18-17(22)26-31-27-18/h4-7H,1-3H3,(H2,22,26)(H,25,30)/b23-9+. The first-order chi connectivity index (χ1) is 15.3. The summed E-state index contributed by atoms with van der Waals surface area (Å²) in [6.45, 7) is 5.82. The van der Waals surface area contributed by atoms with Gasteiger partial charge in [0.25, 0.3) is 5.91 Å². The van der Waals surface area contributed by atoms with E-state index in [4.69, 9.17) is 28.9 Å². The number of amides is 1. The number of nitrogens with two attached hydrogens (primary N) is 1. The number of aryl methyl sites for hydroxylation is 2. The highest BCUT2D eigenvalue weighted by Crippen LogP contribution is 2.31. The SMILES string of the molecule is C/C(=N\NC(=O)c1nnn(-c2nonc2N)c1-c1ccc(Cl)c(Cl)c1)c1cc(C)sc1C. The van der Waals surface area contributed by atoms with Gasteiger partial charge < -0.3 is 5.73 Å². The van der Waals surface area contributed by atoms with Crippen molar-refractivity contribution in [2.24, 2.45) is 5.10 Å². The maximum Gasteiger partial charge on any atom is 0.294 e. The second-order valence-corrected chi connectivity index (χ2v) is 9.04. The Hall–Kier alpha value is -3.28. The van der Waals surface area contributed by atoms with Crippen LogP contribution >= 0.6 is 34.5 Å². The molecule has 0 radical (unpaired) electrons. The minimum Gasteiger partial charge on any atom is -0.378 e. The van der Waals surface area contributed by atoms with Crippen molar-refractivity contribution in [3.8, 4) is 17.1 Å². The van der Waals surface area contributed by atoms with E-state index in [1.165, 1.54) is 4.68 Å². The smallest absolute Gasteiger partial charge is 0.294 e. The number of thiophene rings is 1. The molecule has 0 spiro atoms. The molecule has 13 heteroatoms. The van der Waals surface area contributed by atoms with E-state index in [0.29, 0.717) is 16.3 Å². The fourth-order valence-corrected chi connectivity index (χ4v) is 4.34. The van der Waals surface area contributed by atoms with Gasteiger partial charge in [0.1, 0.15) is 5.69 Å². The number of halogens is 2. The number of hydrazone groups is 1. The van der Waals surface area contributed by atoms with Crippen molar-refractivity contribution in [2.45, 2.75) is 20.8 Å². The largest absolute Gasteiger partial charge is 0.378 e. The van der Waals surface area contributed by atoms with E-state index < -0.39 is 5.91 Å². The monoisotopic (exact) mass is 490 g/mol. The molecule has 1 aromatic carbocycles. The number of nitrogens with zero attached hydrogens (tertiary/aromatic N) is 6. The van der Waals surface area contributed by atoms with Gasteiger partial charge in [0.05, 0.1) is 15.8 Å². The van der Waals surface area contributed by atoms with Gasteiger partial charge in [-0.25, -0.2) is 10.1 Å². The molecule has 3 heterocycles. The number of benzene rings is 1. The summed E-state index contributed by atoms with van der Waals surface area (Å²) >= 11 is 13.9. The molecule has 0 saturated heterocycles. The molecule has 0 saturated carbocycles. The Balaban J connectivity index is 1.75. The molecule has 0 atom stereocenters. The van der Waals surface area contributed by atoms with Crippen LogP contribution in [0.1, 0.15) is 32.7 Å². The Bertz CT molecular complexity index is 1360. The van der Waals surface area contributed by atoms with Gasteiger partial charge in [-0.2, -0.15) is 9.78 Å². The topological polar surface area (TPSA) is 137 Å². The number of carbonyl (C=O) groups excluding carboxylic acids is 1. The third-order valence-electron chi connectivity index (χ3n) is 4.53. The van der Waals surface area contributed by atoms with Crippen LogP contribution in [0.25, 0.3) is 17.1 Å². The summed E-state index contributed by atoms with van der Waals surface area (Å²) in [6, 6.07) is 6.84. The maximum absolute atomic E-state index is 13.0. The molecule has 1 amide bonds. The van der Waals surface area contributed by atoms with Crippen molar-refractivity contribution in [1.82, 2.24) is 30.7 Å². The van der Waals surface area contributed by atoms with E-state index in [2.05, 4.69) is 35.8 Å². The van der Waals surface area contributed by atoms with E-state index in [1.54, 1.807) is 29.5 Å². The van der Waals surface area contributed by atoms with E-state index in [1.807, 2.05) is 26.8 Å². The summed E-state index contributed by atoms with van der Waals surface area (Å²) in [6.07, 6.45) is 0. The lowest BCUT2D eigenvalue weighted by atomic mass is 10.1. The Morgan fingerprint density at radius 3 is 2.62 bits per heavy atom. The van der Waals surface area contributed by atoms with Crippen LogP contribution in [0.2, 0.25) is 10.0 Å². The number of hydrogen-bond donors (Lipinski definition) is 2. The summed E-state index contributed by atoms with van der Waals surface area (Å²) in [5.74, 6) is -0.543. The highest BCUT2D eigenvalue weighted by molar-refractivity contribution is 7.12. The first-order valence-electron chi connectivity index (χ1n) is 9.17. The van der Waals surface area contributed by atoms with E-state index in [9.17, 15) is 4.79 Å². The number of aromatic nitrogens is 5. The summed E-state index contributed by atoms with van der Waals surface area (Å²) in [7, 11) is 0. The molecule has 4 rings (SSSR count). The van der Waals surface area contributed by atoms with Gasteiger partial charge in [0, 0.05) is 20.9 Å². The molecule has 0 fully saturated rings. The van der Waals surface area contributed by atoms with Gasteiger partial charge in [0.2, 0.25) is 11.6 Å². The van der Waals surface area contributed by atoms with Crippen LogP contribution in [0.4, 0.5) is 5.82 Å². The van der Waals surface area contributed by atoms with E-state index in [-0.39, 0.29) is 28.0 Å². The maximum atomic E-state index is 13.0. The first kappa shape index (κ1) is 21.9. The Morgan fingerprint density at radius 2 is 2.00 bits per heavy atom. The summed E-state index contributed by atoms with van der Waals surface area (Å²) < 4.78 is 5.90. The highest BCUT2D eigenvalue weighted by Gasteiger charge is 2.25. The molecule has 10 nitrogen and oxygen atoms in total. The molecular formula is C19H16Cl2N8O2S. The predicted octanol–water partition coefficient (Wildman–Crippen LogP) is 4.04. The summed E-state index contributed by atoms with van der Waals surface area (Å²) in [5.41, 5.74) is 10.7. The number of nitrogen functional groups attached to an aromatic ring is 1. The van der Waals surface area contributed by atoms with Crippen LogP contribution in [-0.2, 0) is 0 Å². The fraction of sp³-hybridized carbons (Fsp3) is 0.158. The molecule has 0 aliphatic rings. The first-order valence-corrected chi connectivity index (χ1v) is 10.7. The van der Waals surface area contributed by atoms with E-state index in [0.717, 1.165) is 15.3 Å². The lowest BCUT2D eigenvalue weighted by molar-refractivity contribution is 0.0950. The third-order valence-corrected chi connectivity index (χ3v) is 6.24. The number of anilines is 1. The minimum absolute atomic E-state index is 0.0273. The van der Waals surface area contributed by atoms with Crippen molar-refractivity contribution < 1.29 is 9.42 Å². The van der Waals surface area contributed by atoms with Gasteiger partial charge in [0.15, 0.2) is 5.69 Å². The van der Waals surface area contributed by atoms with Gasteiger partial charge in [-0.15, -0.1) is 16.4 Å². The zero-order valence-electron chi connectivity index (χ0n) is 17.1. The number of carbonyl (C=O) groups is 1. The highest BCUT2D eigenvalue weighted by atomic mass is 35.5. The van der Waals surface area contributed by atoms with Crippen molar-refractivity contribution in [3.05, 3.63) is 55.3 Å². The van der Waals surface area contributed by atoms with Crippen LogP contribution in [-0.4, -0.2) is 36.9 Å². The number of hydrogen-bond acceptors (Lipinski definition) is 9. The van der Waals surface area contributed by atoms with Gasteiger partial charge >= 0.3 is 0 Å². The molecule has 0 unspecified atom stereocenters. The van der Waals surface area contributed by atoms with Crippen molar-refractivity contribution >= 4 is 52.0 Å². The fourth-order valence-electron chi connectivity index (χ4n) is 3.06. The molecule has 0 bridgehead atoms. The average molecular weight is 491 g/mol. The van der Waals surface area contributed by atoms with Crippen LogP contribution < -0.4 is 11.2 Å². The second kappa shape index (κ2) is 8.69. The quantitative estimate of drug-likeness (QED) is 0.318. The molecule has 164 valence electrons. The summed E-state index contributed by atoms with van der Waals surface area (Å²) in [4.78, 5) is 15.3. The number of rotatable bonds is 5. The van der Waals surface area contributed by atoms with Gasteiger partial charge in [-0.3, -0.25) is 4.79 Å². The minimum atomic E-state index is -0.587. The van der Waals surface area contributed by atoms with E-state index >= 15 is 0 Å². The zero-order valence-corrected chi connectivity index (χ0v) is 19.4. The van der Waals surface area contributed by atoms with Crippen molar-refractivity contribution in [2.75, 3.05) is 5.73 Å². The molecule has 3 N–H and O–H groups in total. The lowest BCUT2D eigenvalue weighted by Crippen LogP contribution is -2.21. The predicted molar refractivity (Wildman–Crippen MR) is 123 cm³/mol. The Kier molecular flexibility index (Phi) is 5.96. The number of nitrogens with one attached hydrogen (secondary N) is 1. The second-order valence-electron chi connectivity index (χ2n) is 6.77. The van der Waals surface area contributed by atoms with Gasteiger partial charge in [-0.05, 0) is 49.3 Å². The third kappa shape index (κ3) is 4.09. The Labute approximate surface area is 196 Å². The van der Waals surface area contributed by atoms with Crippen molar-refractivity contribution in [1.29, 1.82) is 0 Å². The molecule has 3 aromatic heterocycles. The molecular weight excluding hydrogens is 475 g/mol. The molecule has 32 heavy (non-hydrogen) atoms.